The molecule has 1 aliphatic rings. The molecule has 2 rings (SSSR count). The number of nitrogens with zero attached hydrogens (tertiary/aromatic N) is 1. The zero-order chi connectivity index (χ0) is 14.4. The summed E-state index contributed by atoms with van der Waals surface area (Å²) in [6.45, 7) is 5.31. The standard InChI is InChI=1S/C17H23NO2/c1-2-3-4-5-8-11-18-13-15(17(19)20)12-14-9-6-7-10-16(14)18/h2,6-7,9-10,15H,1,3-5,8,11-13H2,(H,19,20). The van der Waals surface area contributed by atoms with E-state index in [1.54, 1.807) is 0 Å². The number of carboxylic acids is 1. The van der Waals surface area contributed by atoms with Crippen molar-refractivity contribution in [3.8, 4) is 0 Å². The van der Waals surface area contributed by atoms with Gasteiger partial charge in [-0.05, 0) is 37.3 Å². The molecule has 108 valence electrons. The minimum atomic E-state index is -0.684. The van der Waals surface area contributed by atoms with Crippen molar-refractivity contribution in [2.75, 3.05) is 18.0 Å². The quantitative estimate of drug-likeness (QED) is 0.610. The zero-order valence-electron chi connectivity index (χ0n) is 11.9. The summed E-state index contributed by atoms with van der Waals surface area (Å²) < 4.78 is 0. The smallest absolute Gasteiger partial charge is 0.308 e. The summed E-state index contributed by atoms with van der Waals surface area (Å²) in [6.07, 6.45) is 7.11. The molecule has 0 spiro atoms. The molecule has 1 heterocycles. The van der Waals surface area contributed by atoms with Crippen molar-refractivity contribution in [1.29, 1.82) is 0 Å². The maximum atomic E-state index is 11.3. The Morgan fingerprint density at radius 1 is 1.35 bits per heavy atom. The molecule has 1 aliphatic heterocycles. The van der Waals surface area contributed by atoms with Crippen LogP contribution in [0, 0.1) is 5.92 Å². The summed E-state index contributed by atoms with van der Waals surface area (Å²) >= 11 is 0. The number of carbonyl (C=O) groups is 1. The minimum absolute atomic E-state index is 0.280. The maximum Gasteiger partial charge on any atom is 0.308 e. The fourth-order valence-electron chi connectivity index (χ4n) is 2.83. The number of rotatable bonds is 7. The zero-order valence-corrected chi connectivity index (χ0v) is 11.9. The molecule has 3 heteroatoms. The second-order valence-electron chi connectivity index (χ2n) is 5.45. The van der Waals surface area contributed by atoms with Crippen molar-refractivity contribution in [2.45, 2.75) is 32.1 Å². The summed E-state index contributed by atoms with van der Waals surface area (Å²) in [5, 5.41) is 9.29. The third-order valence-corrected chi connectivity index (χ3v) is 3.92. The Hall–Kier alpha value is -1.77. The van der Waals surface area contributed by atoms with E-state index in [1.165, 1.54) is 18.5 Å². The Balaban J connectivity index is 1.99. The molecule has 1 N–H and O–H groups in total. The molecule has 0 radical (unpaired) electrons. The van der Waals surface area contributed by atoms with E-state index < -0.39 is 5.97 Å². The largest absolute Gasteiger partial charge is 0.481 e. The van der Waals surface area contributed by atoms with Gasteiger partial charge < -0.3 is 10.0 Å². The first-order valence-corrected chi connectivity index (χ1v) is 7.39. The van der Waals surface area contributed by atoms with Crippen LogP contribution in [0.25, 0.3) is 0 Å². The number of allylic oxidation sites excluding steroid dienone is 1. The van der Waals surface area contributed by atoms with Crippen LogP contribution < -0.4 is 4.90 Å². The average molecular weight is 273 g/mol. The molecule has 0 bridgehead atoms. The molecule has 1 unspecified atom stereocenters. The van der Waals surface area contributed by atoms with Gasteiger partial charge in [0.2, 0.25) is 0 Å². The fraction of sp³-hybridized carbons (Fsp3) is 0.471. The van der Waals surface area contributed by atoms with Crippen LogP contribution >= 0.6 is 0 Å². The normalized spacial score (nSPS) is 17.6. The van der Waals surface area contributed by atoms with Crippen LogP contribution in [-0.2, 0) is 11.2 Å². The van der Waals surface area contributed by atoms with Crippen molar-refractivity contribution >= 4 is 11.7 Å². The molecule has 0 amide bonds. The second-order valence-corrected chi connectivity index (χ2v) is 5.45. The van der Waals surface area contributed by atoms with Gasteiger partial charge in [-0.25, -0.2) is 0 Å². The highest BCUT2D eigenvalue weighted by atomic mass is 16.4. The topological polar surface area (TPSA) is 40.5 Å². The van der Waals surface area contributed by atoms with Gasteiger partial charge in [-0.3, -0.25) is 4.79 Å². The lowest BCUT2D eigenvalue weighted by Crippen LogP contribution is -2.39. The number of hydrogen-bond acceptors (Lipinski definition) is 2. The van der Waals surface area contributed by atoms with E-state index >= 15 is 0 Å². The second kappa shape index (κ2) is 7.13. The molecular weight excluding hydrogens is 250 g/mol. The summed E-state index contributed by atoms with van der Waals surface area (Å²) in [5.41, 5.74) is 2.38. The van der Waals surface area contributed by atoms with Crippen molar-refractivity contribution in [1.82, 2.24) is 0 Å². The van der Waals surface area contributed by atoms with Crippen LogP contribution in [0.1, 0.15) is 31.2 Å². The molecule has 0 fully saturated rings. The predicted octanol–water partition coefficient (Wildman–Crippen LogP) is 3.50. The Kier molecular flexibility index (Phi) is 5.22. The number of carboxylic acid groups (broad SMARTS) is 1. The average Bonchev–Trinajstić information content (AvgIpc) is 2.46. The Labute approximate surface area is 120 Å². The van der Waals surface area contributed by atoms with Crippen molar-refractivity contribution < 1.29 is 9.90 Å². The summed E-state index contributed by atoms with van der Waals surface area (Å²) in [4.78, 5) is 13.5. The molecule has 0 aromatic heterocycles. The van der Waals surface area contributed by atoms with E-state index in [2.05, 4.69) is 23.6 Å². The van der Waals surface area contributed by atoms with Gasteiger partial charge in [0.1, 0.15) is 0 Å². The molecule has 0 saturated carbocycles. The lowest BCUT2D eigenvalue weighted by Gasteiger charge is -2.34. The van der Waals surface area contributed by atoms with Crippen molar-refractivity contribution in [3.63, 3.8) is 0 Å². The van der Waals surface area contributed by atoms with Crippen LogP contribution in [0.5, 0.6) is 0 Å². The van der Waals surface area contributed by atoms with Gasteiger partial charge in [-0.2, -0.15) is 0 Å². The lowest BCUT2D eigenvalue weighted by atomic mass is 9.92. The van der Waals surface area contributed by atoms with Crippen LogP contribution in [0.2, 0.25) is 0 Å². The van der Waals surface area contributed by atoms with E-state index in [0.29, 0.717) is 13.0 Å². The highest BCUT2D eigenvalue weighted by Gasteiger charge is 2.28. The van der Waals surface area contributed by atoms with Crippen LogP contribution in [-0.4, -0.2) is 24.2 Å². The summed E-state index contributed by atoms with van der Waals surface area (Å²) in [7, 11) is 0. The van der Waals surface area contributed by atoms with Crippen molar-refractivity contribution in [2.24, 2.45) is 5.92 Å². The van der Waals surface area contributed by atoms with Gasteiger partial charge in [0.05, 0.1) is 5.92 Å². The Morgan fingerprint density at radius 2 is 2.15 bits per heavy atom. The predicted molar refractivity (Wildman–Crippen MR) is 82.1 cm³/mol. The maximum absolute atomic E-state index is 11.3. The molecule has 20 heavy (non-hydrogen) atoms. The third-order valence-electron chi connectivity index (χ3n) is 3.92. The highest BCUT2D eigenvalue weighted by molar-refractivity contribution is 5.73. The first-order valence-electron chi connectivity index (χ1n) is 7.39. The number of para-hydroxylation sites is 1. The molecule has 3 nitrogen and oxygen atoms in total. The lowest BCUT2D eigenvalue weighted by molar-refractivity contribution is -0.141. The van der Waals surface area contributed by atoms with E-state index in [0.717, 1.165) is 24.9 Å². The molecule has 1 aromatic carbocycles. The highest BCUT2D eigenvalue weighted by Crippen LogP contribution is 2.29. The first-order chi connectivity index (χ1) is 9.72. The van der Waals surface area contributed by atoms with Gasteiger partial charge in [-0.1, -0.05) is 30.7 Å². The number of benzene rings is 1. The van der Waals surface area contributed by atoms with Gasteiger partial charge in [-0.15, -0.1) is 6.58 Å². The number of aliphatic carboxylic acids is 1. The fourth-order valence-corrected chi connectivity index (χ4v) is 2.83. The SMILES string of the molecule is C=CCCCCCN1CC(C(=O)O)Cc2ccccc21. The molecular formula is C17H23NO2. The van der Waals surface area contributed by atoms with Crippen LogP contribution in [0.4, 0.5) is 5.69 Å². The number of hydrogen-bond donors (Lipinski definition) is 1. The third kappa shape index (κ3) is 3.62. The summed E-state index contributed by atoms with van der Waals surface area (Å²) in [6, 6.07) is 8.18. The first kappa shape index (κ1) is 14.6. The minimum Gasteiger partial charge on any atom is -0.481 e. The van der Waals surface area contributed by atoms with E-state index in [4.69, 9.17) is 0 Å². The molecule has 1 aromatic rings. The van der Waals surface area contributed by atoms with Crippen molar-refractivity contribution in [3.05, 3.63) is 42.5 Å². The summed E-state index contributed by atoms with van der Waals surface area (Å²) in [5.74, 6) is -0.964. The monoisotopic (exact) mass is 273 g/mol. The number of anilines is 1. The van der Waals surface area contributed by atoms with Gasteiger partial charge in [0, 0.05) is 18.8 Å². The van der Waals surface area contributed by atoms with Crippen LogP contribution in [0.15, 0.2) is 36.9 Å². The van der Waals surface area contributed by atoms with E-state index in [9.17, 15) is 9.90 Å². The van der Waals surface area contributed by atoms with E-state index in [-0.39, 0.29) is 5.92 Å². The van der Waals surface area contributed by atoms with Gasteiger partial charge in [0.25, 0.3) is 0 Å². The van der Waals surface area contributed by atoms with Crippen LogP contribution in [0.3, 0.4) is 0 Å². The molecule has 0 aliphatic carbocycles. The van der Waals surface area contributed by atoms with E-state index in [1.807, 2.05) is 18.2 Å². The Bertz CT molecular complexity index is 470. The van der Waals surface area contributed by atoms with Gasteiger partial charge in [0.15, 0.2) is 0 Å². The van der Waals surface area contributed by atoms with Gasteiger partial charge >= 0.3 is 5.97 Å². The number of unbranched alkanes of at least 4 members (excludes halogenated alkanes) is 3. The molecule has 0 saturated heterocycles. The Morgan fingerprint density at radius 3 is 2.90 bits per heavy atom. The molecule has 1 atom stereocenters. The number of fused-ring (bicyclic) bond motifs is 1.